The van der Waals surface area contributed by atoms with Crippen molar-refractivity contribution >= 4 is 35.7 Å². The molecular weight excluding hydrogens is 404 g/mol. The Kier molecular flexibility index (Phi) is 13.2. The number of nitrogens with one attached hydrogen (secondary N) is 2. The van der Waals surface area contributed by atoms with E-state index in [0.29, 0.717) is 25.7 Å². The van der Waals surface area contributed by atoms with E-state index in [-0.39, 0.29) is 38.5 Å². The van der Waals surface area contributed by atoms with E-state index in [4.69, 9.17) is 20.4 Å². The number of unbranched alkanes of at least 4 members (excludes halogenated alkanes) is 3. The van der Waals surface area contributed by atoms with Crippen molar-refractivity contribution in [1.82, 2.24) is 10.6 Å². The molecule has 0 radical (unpaired) electrons. The molecule has 0 spiro atoms. The van der Waals surface area contributed by atoms with E-state index in [0.717, 1.165) is 0 Å². The summed E-state index contributed by atoms with van der Waals surface area (Å²) in [6, 6.07) is -2.53. The Hall–Kier alpha value is -3.18. The van der Waals surface area contributed by atoms with E-state index < -0.39 is 47.8 Å². The second-order valence-corrected chi connectivity index (χ2v) is 6.70. The number of carbonyl (C=O) groups excluding carboxylic acids is 2. The highest BCUT2D eigenvalue weighted by atomic mass is 16.4. The summed E-state index contributed by atoms with van der Waals surface area (Å²) in [5.41, 5.74) is 0. The van der Waals surface area contributed by atoms with E-state index in [2.05, 4.69) is 10.6 Å². The average Bonchev–Trinajstić information content (AvgIpc) is 2.63. The maximum atomic E-state index is 11.8. The number of carbonyl (C=O) groups is 6. The Morgan fingerprint density at radius 3 is 1.13 bits per heavy atom. The van der Waals surface area contributed by atoms with Gasteiger partial charge in [0.25, 0.3) is 0 Å². The molecule has 12 heteroatoms. The summed E-state index contributed by atoms with van der Waals surface area (Å²) in [6.45, 7) is 0. The number of amides is 2. The Morgan fingerprint density at radius 1 is 0.533 bits per heavy atom. The van der Waals surface area contributed by atoms with Crippen LogP contribution in [0.2, 0.25) is 0 Å². The van der Waals surface area contributed by atoms with Crippen molar-refractivity contribution in [3.8, 4) is 0 Å². The highest BCUT2D eigenvalue weighted by Crippen LogP contribution is 2.07. The third-order valence-corrected chi connectivity index (χ3v) is 4.12. The molecule has 0 fully saturated rings. The fraction of sp³-hybridized carbons (Fsp3) is 0.667. The lowest BCUT2D eigenvalue weighted by molar-refractivity contribution is -0.144. The van der Waals surface area contributed by atoms with Crippen LogP contribution in [0.1, 0.15) is 64.2 Å². The lowest BCUT2D eigenvalue weighted by atomic mass is 10.1. The van der Waals surface area contributed by atoms with Crippen LogP contribution in [0.25, 0.3) is 0 Å². The molecular formula is C18H28N2O10. The second kappa shape index (κ2) is 14.8. The topological polar surface area (TPSA) is 207 Å². The zero-order chi connectivity index (χ0) is 23.1. The van der Waals surface area contributed by atoms with Gasteiger partial charge in [-0.15, -0.1) is 0 Å². The first kappa shape index (κ1) is 26.8. The summed E-state index contributed by atoms with van der Waals surface area (Å²) in [6.07, 6.45) is 0.966. The lowest BCUT2D eigenvalue weighted by Gasteiger charge is -2.14. The fourth-order valence-electron chi connectivity index (χ4n) is 2.51. The molecule has 2 atom stereocenters. The molecule has 0 unspecified atom stereocenters. The first-order valence-electron chi connectivity index (χ1n) is 9.50. The standard InChI is InChI=1S/C18H28N2O10/c21-13(19-11(17(27)28)7-9-15(23)24)5-3-1-2-4-6-14(22)20-12(18(29)30)8-10-16(25)26/h11-12H,1-10H2,(H,19,21)(H,20,22)(H,23,24)(H,25,26)(H,27,28)(H,29,30)/t11-,12-/m0/s1. The summed E-state index contributed by atoms with van der Waals surface area (Å²) in [4.78, 5) is 66.5. The van der Waals surface area contributed by atoms with Gasteiger partial charge in [0.15, 0.2) is 0 Å². The molecule has 0 aliphatic heterocycles. The van der Waals surface area contributed by atoms with E-state index >= 15 is 0 Å². The van der Waals surface area contributed by atoms with Gasteiger partial charge in [-0.25, -0.2) is 9.59 Å². The molecule has 170 valence electrons. The number of aliphatic carboxylic acids is 4. The second-order valence-electron chi connectivity index (χ2n) is 6.70. The van der Waals surface area contributed by atoms with Crippen molar-refractivity contribution in [2.75, 3.05) is 0 Å². The van der Waals surface area contributed by atoms with Gasteiger partial charge in [0.1, 0.15) is 12.1 Å². The molecule has 2 amide bonds. The number of carboxylic acids is 4. The van der Waals surface area contributed by atoms with E-state index in [9.17, 15) is 28.8 Å². The highest BCUT2D eigenvalue weighted by molar-refractivity contribution is 5.84. The molecule has 0 aliphatic rings. The minimum Gasteiger partial charge on any atom is -0.481 e. The van der Waals surface area contributed by atoms with Gasteiger partial charge in [-0.1, -0.05) is 12.8 Å². The largest absolute Gasteiger partial charge is 0.481 e. The number of hydrogen-bond donors (Lipinski definition) is 6. The van der Waals surface area contributed by atoms with Gasteiger partial charge in [0.2, 0.25) is 11.8 Å². The Morgan fingerprint density at radius 2 is 0.867 bits per heavy atom. The summed E-state index contributed by atoms with van der Waals surface area (Å²) in [5.74, 6) is -5.94. The Bertz CT molecular complexity index is 580. The normalized spacial score (nSPS) is 12.4. The third kappa shape index (κ3) is 13.9. The van der Waals surface area contributed by atoms with Crippen LogP contribution in [0.4, 0.5) is 0 Å². The monoisotopic (exact) mass is 432 g/mol. The Labute approximate surface area is 172 Å². The lowest BCUT2D eigenvalue weighted by Crippen LogP contribution is -2.41. The first-order chi connectivity index (χ1) is 14.0. The fourth-order valence-corrected chi connectivity index (χ4v) is 2.51. The molecule has 0 aromatic carbocycles. The van der Waals surface area contributed by atoms with Crippen molar-refractivity contribution in [2.24, 2.45) is 0 Å². The molecule has 0 rings (SSSR count). The zero-order valence-corrected chi connectivity index (χ0v) is 16.5. The Balaban J connectivity index is 4.03. The van der Waals surface area contributed by atoms with Gasteiger partial charge in [-0.2, -0.15) is 0 Å². The summed E-state index contributed by atoms with van der Waals surface area (Å²) < 4.78 is 0. The van der Waals surface area contributed by atoms with Crippen LogP contribution >= 0.6 is 0 Å². The average molecular weight is 432 g/mol. The molecule has 0 aromatic heterocycles. The molecule has 0 heterocycles. The maximum Gasteiger partial charge on any atom is 0.326 e. The van der Waals surface area contributed by atoms with E-state index in [1.807, 2.05) is 0 Å². The van der Waals surface area contributed by atoms with E-state index in [1.165, 1.54) is 0 Å². The first-order valence-corrected chi connectivity index (χ1v) is 9.50. The minimum atomic E-state index is -1.31. The summed E-state index contributed by atoms with van der Waals surface area (Å²) >= 11 is 0. The van der Waals surface area contributed by atoms with Crippen molar-refractivity contribution in [1.29, 1.82) is 0 Å². The van der Waals surface area contributed by atoms with Gasteiger partial charge < -0.3 is 31.1 Å². The van der Waals surface area contributed by atoms with Gasteiger partial charge >= 0.3 is 23.9 Å². The van der Waals surface area contributed by atoms with Crippen molar-refractivity contribution in [3.63, 3.8) is 0 Å². The van der Waals surface area contributed by atoms with Crippen LogP contribution in [0.3, 0.4) is 0 Å². The van der Waals surface area contributed by atoms with Crippen molar-refractivity contribution < 1.29 is 49.2 Å². The molecule has 0 saturated carbocycles. The number of hydrogen-bond acceptors (Lipinski definition) is 6. The molecule has 6 N–H and O–H groups in total. The molecule has 0 saturated heterocycles. The predicted molar refractivity (Wildman–Crippen MR) is 101 cm³/mol. The van der Waals surface area contributed by atoms with Crippen molar-refractivity contribution in [3.05, 3.63) is 0 Å². The molecule has 12 nitrogen and oxygen atoms in total. The summed E-state index contributed by atoms with van der Waals surface area (Å²) in [7, 11) is 0. The van der Waals surface area contributed by atoms with Crippen LogP contribution in [0.15, 0.2) is 0 Å². The molecule has 30 heavy (non-hydrogen) atoms. The zero-order valence-electron chi connectivity index (χ0n) is 16.5. The molecule has 0 aliphatic carbocycles. The van der Waals surface area contributed by atoms with Gasteiger partial charge in [0.05, 0.1) is 0 Å². The summed E-state index contributed by atoms with van der Waals surface area (Å²) in [5, 5.41) is 39.6. The van der Waals surface area contributed by atoms with Crippen LogP contribution in [0.5, 0.6) is 0 Å². The van der Waals surface area contributed by atoms with Crippen LogP contribution < -0.4 is 10.6 Å². The molecule has 0 bridgehead atoms. The van der Waals surface area contributed by atoms with Gasteiger partial charge in [-0.05, 0) is 25.7 Å². The van der Waals surface area contributed by atoms with Crippen LogP contribution in [0, 0.1) is 0 Å². The third-order valence-electron chi connectivity index (χ3n) is 4.12. The quantitative estimate of drug-likeness (QED) is 0.172. The highest BCUT2D eigenvalue weighted by Gasteiger charge is 2.21. The maximum absolute atomic E-state index is 11.8. The van der Waals surface area contributed by atoms with E-state index in [1.54, 1.807) is 0 Å². The van der Waals surface area contributed by atoms with Gasteiger partial charge in [0, 0.05) is 25.7 Å². The van der Waals surface area contributed by atoms with Crippen molar-refractivity contribution in [2.45, 2.75) is 76.3 Å². The van der Waals surface area contributed by atoms with Crippen LogP contribution in [-0.2, 0) is 28.8 Å². The van der Waals surface area contributed by atoms with Crippen LogP contribution in [-0.4, -0.2) is 68.2 Å². The molecule has 0 aromatic rings. The van der Waals surface area contributed by atoms with Gasteiger partial charge in [-0.3, -0.25) is 19.2 Å². The number of carboxylic acid groups (broad SMARTS) is 4. The number of rotatable bonds is 17. The predicted octanol–water partition coefficient (Wildman–Crippen LogP) is 0.195. The smallest absolute Gasteiger partial charge is 0.326 e. The SMILES string of the molecule is O=C(O)CC[C@H](NC(=O)CCCCCCC(=O)N[C@@H](CCC(=O)O)C(=O)O)C(=O)O. The minimum absolute atomic E-state index is 0.0549.